The van der Waals surface area contributed by atoms with Gasteiger partial charge < -0.3 is 9.84 Å². The van der Waals surface area contributed by atoms with E-state index in [0.29, 0.717) is 17.3 Å². The van der Waals surface area contributed by atoms with Gasteiger partial charge in [0, 0.05) is 0 Å². The molecule has 0 spiro atoms. The lowest BCUT2D eigenvalue weighted by Crippen LogP contribution is -2.53. The van der Waals surface area contributed by atoms with E-state index >= 15 is 0 Å². The molecule has 4 unspecified atom stereocenters. The molecule has 5 rings (SSSR count). The van der Waals surface area contributed by atoms with Crippen molar-refractivity contribution in [2.45, 2.75) is 117 Å². The molecule has 0 aromatic rings. The Hall–Kier alpha value is -0.830. The van der Waals surface area contributed by atoms with E-state index in [2.05, 4.69) is 40.7 Å². The number of fused-ring (bicyclic) bond motifs is 5. The fourth-order valence-corrected chi connectivity index (χ4v) is 9.62. The summed E-state index contributed by atoms with van der Waals surface area (Å²) in [6.45, 7) is 11.6. The summed E-state index contributed by atoms with van der Waals surface area (Å²) >= 11 is 0. The SMILES string of the molecule is CC[C@@]1(C(C)C)CC[C@H](C2CCC3C4CC=C5C[C@@H](O)CC[C@]5(C)C4CC[C@@]32C)C(=O)O1. The van der Waals surface area contributed by atoms with Crippen molar-refractivity contribution in [3.63, 3.8) is 0 Å². The maximum Gasteiger partial charge on any atom is 0.309 e. The third-order valence-electron chi connectivity index (χ3n) is 11.8. The van der Waals surface area contributed by atoms with Crippen LogP contribution in [0.1, 0.15) is 105 Å². The van der Waals surface area contributed by atoms with E-state index in [0.717, 1.165) is 56.3 Å². The Labute approximate surface area is 195 Å². The van der Waals surface area contributed by atoms with E-state index < -0.39 is 0 Å². The van der Waals surface area contributed by atoms with Crippen LogP contribution in [0.4, 0.5) is 0 Å². The number of hydrogen-bond acceptors (Lipinski definition) is 3. The number of aliphatic hydroxyl groups is 1. The lowest BCUT2D eigenvalue weighted by atomic mass is 9.47. The van der Waals surface area contributed by atoms with Crippen molar-refractivity contribution in [2.75, 3.05) is 0 Å². The second-order valence-electron chi connectivity index (χ2n) is 13.0. The summed E-state index contributed by atoms with van der Waals surface area (Å²) in [4.78, 5) is 13.4. The Morgan fingerprint density at radius 1 is 1.03 bits per heavy atom. The molecule has 4 aliphatic carbocycles. The highest BCUT2D eigenvalue weighted by molar-refractivity contribution is 5.74. The molecule has 5 aliphatic rings. The molecule has 0 aromatic carbocycles. The molecule has 4 fully saturated rings. The molecule has 0 aromatic heterocycles. The predicted octanol–water partition coefficient (Wildman–Crippen LogP) is 6.68. The first-order valence-corrected chi connectivity index (χ1v) is 13.7. The van der Waals surface area contributed by atoms with Crippen molar-refractivity contribution in [1.29, 1.82) is 0 Å². The minimum absolute atomic E-state index is 0.107. The smallest absolute Gasteiger partial charge is 0.309 e. The molecule has 0 radical (unpaired) electrons. The number of cyclic esters (lactones) is 1. The number of carbonyl (C=O) groups excluding carboxylic acids is 1. The first kappa shape index (κ1) is 22.9. The third-order valence-corrected chi connectivity index (χ3v) is 11.8. The van der Waals surface area contributed by atoms with E-state index in [1.54, 1.807) is 5.57 Å². The second-order valence-corrected chi connectivity index (χ2v) is 13.0. The van der Waals surface area contributed by atoms with Gasteiger partial charge in [-0.2, -0.15) is 0 Å². The molecule has 0 amide bonds. The summed E-state index contributed by atoms with van der Waals surface area (Å²) < 4.78 is 6.27. The molecule has 3 heteroatoms. The Balaban J connectivity index is 1.36. The van der Waals surface area contributed by atoms with E-state index in [-0.39, 0.29) is 29.0 Å². The van der Waals surface area contributed by atoms with Crippen LogP contribution >= 0.6 is 0 Å². The molecule has 0 bridgehead atoms. The molecule has 3 nitrogen and oxygen atoms in total. The number of allylic oxidation sites excluding steroid dienone is 1. The van der Waals surface area contributed by atoms with Gasteiger partial charge in [0.05, 0.1) is 12.0 Å². The van der Waals surface area contributed by atoms with Gasteiger partial charge in [-0.25, -0.2) is 0 Å². The van der Waals surface area contributed by atoms with Crippen LogP contribution in [0, 0.1) is 46.3 Å². The topological polar surface area (TPSA) is 46.5 Å². The molecule has 1 heterocycles. The highest BCUT2D eigenvalue weighted by atomic mass is 16.6. The normalized spacial score (nSPS) is 50.8. The molecule has 180 valence electrons. The molecule has 1 aliphatic heterocycles. The number of carbonyl (C=O) groups is 1. The van der Waals surface area contributed by atoms with Crippen LogP contribution in [0.2, 0.25) is 0 Å². The van der Waals surface area contributed by atoms with Gasteiger partial charge in [0.25, 0.3) is 0 Å². The van der Waals surface area contributed by atoms with Gasteiger partial charge in [0.1, 0.15) is 5.60 Å². The summed E-state index contributed by atoms with van der Waals surface area (Å²) in [5.74, 6) is 3.36. The van der Waals surface area contributed by atoms with E-state index in [1.165, 1.54) is 32.1 Å². The van der Waals surface area contributed by atoms with Gasteiger partial charge in [-0.1, -0.05) is 46.3 Å². The molecule has 32 heavy (non-hydrogen) atoms. The average Bonchev–Trinajstić information content (AvgIpc) is 3.11. The molecule has 1 N–H and O–H groups in total. The maximum absolute atomic E-state index is 13.4. The van der Waals surface area contributed by atoms with Crippen molar-refractivity contribution in [3.8, 4) is 0 Å². The Morgan fingerprint density at radius 3 is 2.47 bits per heavy atom. The van der Waals surface area contributed by atoms with Gasteiger partial charge in [0.2, 0.25) is 0 Å². The number of esters is 1. The van der Waals surface area contributed by atoms with Crippen LogP contribution in [-0.2, 0) is 9.53 Å². The van der Waals surface area contributed by atoms with Crippen molar-refractivity contribution in [2.24, 2.45) is 46.3 Å². The average molecular weight is 443 g/mol. The molecular formula is C29H46O3. The van der Waals surface area contributed by atoms with Crippen molar-refractivity contribution >= 4 is 5.97 Å². The minimum Gasteiger partial charge on any atom is -0.459 e. The zero-order valence-electron chi connectivity index (χ0n) is 21.2. The van der Waals surface area contributed by atoms with Crippen LogP contribution in [0.3, 0.4) is 0 Å². The van der Waals surface area contributed by atoms with Crippen molar-refractivity contribution in [1.82, 2.24) is 0 Å². The van der Waals surface area contributed by atoms with Gasteiger partial charge in [-0.05, 0) is 111 Å². The Morgan fingerprint density at radius 2 is 1.78 bits per heavy atom. The summed E-state index contributed by atoms with van der Waals surface area (Å²) in [6, 6.07) is 0. The zero-order chi connectivity index (χ0) is 22.9. The maximum atomic E-state index is 13.4. The first-order valence-electron chi connectivity index (χ1n) is 13.7. The quantitative estimate of drug-likeness (QED) is 0.391. The highest BCUT2D eigenvalue weighted by Gasteiger charge is 2.61. The van der Waals surface area contributed by atoms with Gasteiger partial charge in [-0.15, -0.1) is 0 Å². The Kier molecular flexibility index (Phi) is 5.63. The summed E-state index contributed by atoms with van der Waals surface area (Å²) in [5, 5.41) is 10.3. The van der Waals surface area contributed by atoms with E-state index in [9.17, 15) is 9.90 Å². The van der Waals surface area contributed by atoms with Crippen LogP contribution in [-0.4, -0.2) is 22.8 Å². The van der Waals surface area contributed by atoms with Crippen molar-refractivity contribution in [3.05, 3.63) is 11.6 Å². The minimum atomic E-state index is -0.241. The fraction of sp³-hybridized carbons (Fsp3) is 0.897. The standard InChI is InChI=1S/C29H46O3/c1-6-29(18(2)3)16-12-22(26(31)32-29)24-10-9-23-21-8-7-19-17-20(30)11-14-27(19,4)25(21)13-15-28(23,24)5/h7,18,20-25,30H,6,8-17H2,1-5H3/t20-,21?,22+,23?,24?,25?,27-,28-,29-/m0/s1. The molecular weight excluding hydrogens is 396 g/mol. The zero-order valence-corrected chi connectivity index (χ0v) is 21.2. The third kappa shape index (κ3) is 3.19. The summed E-state index contributed by atoms with van der Waals surface area (Å²) in [7, 11) is 0. The molecule has 1 saturated heterocycles. The summed E-state index contributed by atoms with van der Waals surface area (Å²) in [6.07, 6.45) is 14.6. The van der Waals surface area contributed by atoms with Crippen molar-refractivity contribution < 1.29 is 14.6 Å². The Bertz CT molecular complexity index is 785. The van der Waals surface area contributed by atoms with Crippen LogP contribution in [0.25, 0.3) is 0 Å². The van der Waals surface area contributed by atoms with E-state index in [1.807, 2.05) is 0 Å². The first-order chi connectivity index (χ1) is 15.1. The van der Waals surface area contributed by atoms with Crippen LogP contribution in [0.15, 0.2) is 11.6 Å². The van der Waals surface area contributed by atoms with Gasteiger partial charge in [-0.3, -0.25) is 4.79 Å². The molecule has 9 atom stereocenters. The second kappa shape index (κ2) is 7.85. The number of rotatable bonds is 3. The largest absolute Gasteiger partial charge is 0.459 e. The highest BCUT2D eigenvalue weighted by Crippen LogP contribution is 2.67. The van der Waals surface area contributed by atoms with Crippen LogP contribution < -0.4 is 0 Å². The lowest BCUT2D eigenvalue weighted by Gasteiger charge is -2.58. The van der Waals surface area contributed by atoms with Crippen LogP contribution in [0.5, 0.6) is 0 Å². The fourth-order valence-electron chi connectivity index (χ4n) is 9.62. The van der Waals surface area contributed by atoms with E-state index in [4.69, 9.17) is 4.74 Å². The summed E-state index contributed by atoms with van der Waals surface area (Å²) in [5.41, 5.74) is 1.89. The number of hydrogen-bond donors (Lipinski definition) is 1. The molecule has 3 saturated carbocycles. The predicted molar refractivity (Wildman–Crippen MR) is 128 cm³/mol. The van der Waals surface area contributed by atoms with Gasteiger partial charge >= 0.3 is 5.97 Å². The monoisotopic (exact) mass is 442 g/mol. The number of ether oxygens (including phenoxy) is 1. The lowest BCUT2D eigenvalue weighted by molar-refractivity contribution is -0.188. The van der Waals surface area contributed by atoms with Gasteiger partial charge in [0.15, 0.2) is 0 Å². The number of aliphatic hydroxyl groups excluding tert-OH is 1.